The molecule has 1 fully saturated rings. The number of imide groups is 1. The summed E-state index contributed by atoms with van der Waals surface area (Å²) in [4.78, 5) is 27.0. The molecular weight excluding hydrogens is 422 g/mol. The van der Waals surface area contributed by atoms with Gasteiger partial charge in [0.1, 0.15) is 0 Å². The standard InChI is InChI=1S/C23H18ClNO4S/c1-28-19-11-15(10-18(24)21(19)29-2)12-20-22(26)25(23(27)30-20)13-14-7-8-16-5-3-4-6-17(16)9-14/h3-12H,13H2,1-2H3. The fourth-order valence-corrected chi connectivity index (χ4v) is 4.46. The van der Waals surface area contributed by atoms with Crippen LogP contribution in [0.5, 0.6) is 11.5 Å². The number of hydrogen-bond acceptors (Lipinski definition) is 5. The molecule has 3 aromatic carbocycles. The van der Waals surface area contributed by atoms with Crippen LogP contribution in [0.4, 0.5) is 4.79 Å². The molecule has 0 unspecified atom stereocenters. The van der Waals surface area contributed by atoms with Crippen LogP contribution >= 0.6 is 23.4 Å². The van der Waals surface area contributed by atoms with Crippen LogP contribution in [-0.4, -0.2) is 30.3 Å². The monoisotopic (exact) mass is 439 g/mol. The largest absolute Gasteiger partial charge is 0.493 e. The molecule has 0 N–H and O–H groups in total. The number of fused-ring (bicyclic) bond motifs is 1. The summed E-state index contributed by atoms with van der Waals surface area (Å²) in [7, 11) is 3.01. The van der Waals surface area contributed by atoms with E-state index < -0.39 is 0 Å². The van der Waals surface area contributed by atoms with Crippen molar-refractivity contribution < 1.29 is 19.1 Å². The zero-order chi connectivity index (χ0) is 21.3. The smallest absolute Gasteiger partial charge is 0.293 e. The van der Waals surface area contributed by atoms with Crippen molar-refractivity contribution in [2.24, 2.45) is 0 Å². The van der Waals surface area contributed by atoms with Gasteiger partial charge in [0.25, 0.3) is 11.1 Å². The Morgan fingerprint density at radius 3 is 2.50 bits per heavy atom. The third-order valence-corrected chi connectivity index (χ3v) is 5.97. The Balaban J connectivity index is 1.60. The van der Waals surface area contributed by atoms with E-state index in [9.17, 15) is 9.59 Å². The number of carbonyl (C=O) groups is 2. The normalized spacial score (nSPS) is 15.3. The summed E-state index contributed by atoms with van der Waals surface area (Å²) in [6.07, 6.45) is 1.64. The molecular formula is C23H18ClNO4S. The molecule has 3 aromatic rings. The minimum absolute atomic E-state index is 0.222. The van der Waals surface area contributed by atoms with Gasteiger partial charge in [-0.15, -0.1) is 0 Å². The zero-order valence-corrected chi connectivity index (χ0v) is 17.9. The average molecular weight is 440 g/mol. The quantitative estimate of drug-likeness (QED) is 0.474. The molecule has 0 aromatic heterocycles. The van der Waals surface area contributed by atoms with Crippen molar-refractivity contribution in [1.82, 2.24) is 4.90 Å². The van der Waals surface area contributed by atoms with Gasteiger partial charge in [0.05, 0.1) is 30.7 Å². The number of amides is 2. The van der Waals surface area contributed by atoms with Crippen molar-refractivity contribution in [2.45, 2.75) is 6.54 Å². The van der Waals surface area contributed by atoms with Crippen molar-refractivity contribution in [3.05, 3.63) is 75.7 Å². The number of ether oxygens (including phenoxy) is 2. The topological polar surface area (TPSA) is 55.8 Å². The summed E-state index contributed by atoms with van der Waals surface area (Å²) >= 11 is 7.16. The number of benzene rings is 3. The summed E-state index contributed by atoms with van der Waals surface area (Å²) < 4.78 is 10.5. The van der Waals surface area contributed by atoms with Crippen molar-refractivity contribution >= 4 is 51.4 Å². The third-order valence-electron chi connectivity index (χ3n) is 4.78. The summed E-state index contributed by atoms with van der Waals surface area (Å²) in [5, 5.41) is 2.24. The van der Waals surface area contributed by atoms with Crippen molar-refractivity contribution in [3.63, 3.8) is 0 Å². The molecule has 1 heterocycles. The number of hydrogen-bond donors (Lipinski definition) is 0. The molecule has 0 spiro atoms. The van der Waals surface area contributed by atoms with Crippen LogP contribution in [0, 0.1) is 0 Å². The van der Waals surface area contributed by atoms with Gasteiger partial charge in [-0.25, -0.2) is 0 Å². The fourth-order valence-electron chi connectivity index (χ4n) is 3.33. The van der Waals surface area contributed by atoms with Crippen LogP contribution in [0.15, 0.2) is 59.5 Å². The van der Waals surface area contributed by atoms with E-state index in [4.69, 9.17) is 21.1 Å². The number of carbonyl (C=O) groups excluding carboxylic acids is 2. The van der Waals surface area contributed by atoms with E-state index in [1.165, 1.54) is 19.1 Å². The SMILES string of the molecule is COc1cc(C=C2SC(=O)N(Cc3ccc4ccccc4c3)C2=O)cc(Cl)c1OC. The number of halogens is 1. The molecule has 152 valence electrons. The van der Waals surface area contributed by atoms with Crippen molar-refractivity contribution in [3.8, 4) is 11.5 Å². The van der Waals surface area contributed by atoms with Gasteiger partial charge in [0, 0.05) is 0 Å². The van der Waals surface area contributed by atoms with Crippen molar-refractivity contribution in [1.29, 1.82) is 0 Å². The first-order chi connectivity index (χ1) is 14.5. The Morgan fingerprint density at radius 2 is 1.77 bits per heavy atom. The van der Waals surface area contributed by atoms with Crippen LogP contribution in [0.25, 0.3) is 16.8 Å². The van der Waals surface area contributed by atoms with E-state index in [0.717, 1.165) is 28.1 Å². The lowest BCUT2D eigenvalue weighted by molar-refractivity contribution is -0.123. The minimum Gasteiger partial charge on any atom is -0.493 e. The summed E-state index contributed by atoms with van der Waals surface area (Å²) in [5.41, 5.74) is 1.54. The molecule has 4 rings (SSSR count). The number of nitrogens with zero attached hydrogens (tertiary/aromatic N) is 1. The molecule has 2 amide bonds. The van der Waals surface area contributed by atoms with Gasteiger partial charge in [-0.2, -0.15) is 0 Å². The number of methoxy groups -OCH3 is 2. The maximum Gasteiger partial charge on any atom is 0.293 e. The van der Waals surface area contributed by atoms with E-state index in [1.54, 1.807) is 18.2 Å². The first kappa shape index (κ1) is 20.3. The third kappa shape index (κ3) is 3.88. The highest BCUT2D eigenvalue weighted by Crippen LogP contribution is 2.39. The molecule has 5 nitrogen and oxygen atoms in total. The summed E-state index contributed by atoms with van der Waals surface area (Å²) in [5.74, 6) is 0.538. The van der Waals surface area contributed by atoms with Crippen LogP contribution in [0.3, 0.4) is 0 Å². The van der Waals surface area contributed by atoms with Gasteiger partial charge in [-0.3, -0.25) is 14.5 Å². The van der Waals surface area contributed by atoms with Crippen molar-refractivity contribution in [2.75, 3.05) is 14.2 Å². The van der Waals surface area contributed by atoms with Crippen LogP contribution in [0.1, 0.15) is 11.1 Å². The van der Waals surface area contributed by atoms with Crippen LogP contribution < -0.4 is 9.47 Å². The predicted molar refractivity (Wildman–Crippen MR) is 120 cm³/mol. The second-order valence-electron chi connectivity index (χ2n) is 6.69. The Hall–Kier alpha value is -2.96. The lowest BCUT2D eigenvalue weighted by Crippen LogP contribution is -2.27. The lowest BCUT2D eigenvalue weighted by Gasteiger charge is -2.13. The van der Waals surface area contributed by atoms with Gasteiger partial charge >= 0.3 is 0 Å². The van der Waals surface area contributed by atoms with Gasteiger partial charge in [0.2, 0.25) is 0 Å². The highest BCUT2D eigenvalue weighted by molar-refractivity contribution is 8.18. The maximum absolute atomic E-state index is 12.9. The molecule has 1 aliphatic rings. The Bertz CT molecular complexity index is 1190. The molecule has 1 aliphatic heterocycles. The molecule has 0 atom stereocenters. The van der Waals surface area contributed by atoms with E-state index >= 15 is 0 Å². The lowest BCUT2D eigenvalue weighted by atomic mass is 10.1. The Morgan fingerprint density at radius 1 is 1.00 bits per heavy atom. The number of thioether (sulfide) groups is 1. The summed E-state index contributed by atoms with van der Waals surface area (Å²) in [6.45, 7) is 0.222. The first-order valence-corrected chi connectivity index (χ1v) is 10.3. The highest BCUT2D eigenvalue weighted by Gasteiger charge is 2.35. The van der Waals surface area contributed by atoms with Crippen LogP contribution in [-0.2, 0) is 11.3 Å². The molecule has 0 bridgehead atoms. The molecule has 1 saturated heterocycles. The number of rotatable bonds is 5. The van der Waals surface area contributed by atoms with Crippen LogP contribution in [0.2, 0.25) is 5.02 Å². The van der Waals surface area contributed by atoms with E-state index in [2.05, 4.69) is 0 Å². The molecule has 0 saturated carbocycles. The Labute approximate surface area is 183 Å². The fraction of sp³-hybridized carbons (Fsp3) is 0.130. The van der Waals surface area contributed by atoms with Gasteiger partial charge < -0.3 is 9.47 Å². The Kier molecular flexibility index (Phi) is 5.70. The molecule has 0 aliphatic carbocycles. The highest BCUT2D eigenvalue weighted by atomic mass is 35.5. The zero-order valence-electron chi connectivity index (χ0n) is 16.3. The average Bonchev–Trinajstić information content (AvgIpc) is 3.00. The van der Waals surface area contributed by atoms with Gasteiger partial charge in [-0.1, -0.05) is 48.0 Å². The maximum atomic E-state index is 12.9. The van der Waals surface area contributed by atoms with E-state index in [-0.39, 0.29) is 17.7 Å². The van der Waals surface area contributed by atoms with E-state index in [1.807, 2.05) is 42.5 Å². The second kappa shape index (κ2) is 8.42. The second-order valence-corrected chi connectivity index (χ2v) is 8.09. The van der Waals surface area contributed by atoms with Gasteiger partial charge in [-0.05, 0) is 57.9 Å². The van der Waals surface area contributed by atoms with Gasteiger partial charge in [0.15, 0.2) is 11.5 Å². The minimum atomic E-state index is -0.330. The van der Waals surface area contributed by atoms with E-state index in [0.29, 0.717) is 27.0 Å². The molecule has 0 radical (unpaired) electrons. The molecule has 30 heavy (non-hydrogen) atoms. The molecule has 7 heteroatoms. The predicted octanol–water partition coefficient (Wildman–Crippen LogP) is 5.75. The summed E-state index contributed by atoms with van der Waals surface area (Å²) in [6, 6.07) is 17.3. The first-order valence-electron chi connectivity index (χ1n) is 9.14.